The predicted molar refractivity (Wildman–Crippen MR) is 86.0 cm³/mol. The number of hydrogen-bond donors (Lipinski definition) is 1. The number of benzene rings is 1. The maximum atomic E-state index is 3.51. The highest BCUT2D eigenvalue weighted by Gasteiger charge is 2.15. The van der Waals surface area contributed by atoms with Gasteiger partial charge in [-0.2, -0.15) is 0 Å². The largest absolute Gasteiger partial charge is 0.374 e. The van der Waals surface area contributed by atoms with Gasteiger partial charge in [0.25, 0.3) is 0 Å². The Kier molecular flexibility index (Phi) is 3.91. The van der Waals surface area contributed by atoms with Gasteiger partial charge in [-0.05, 0) is 51.7 Å². The lowest BCUT2D eigenvalue weighted by atomic mass is 10.1. The monoisotopic (exact) mass is 336 g/mol. The van der Waals surface area contributed by atoms with Crippen molar-refractivity contribution in [1.29, 1.82) is 0 Å². The SMILES string of the molecule is CN1CCc2cc(CNCc3ccc(Br)s3)ccc21. The van der Waals surface area contributed by atoms with Crippen molar-refractivity contribution in [2.45, 2.75) is 19.5 Å². The third-order valence-electron chi connectivity index (χ3n) is 3.53. The standard InChI is InChI=1S/C15H17BrN2S/c1-18-7-6-12-8-11(2-4-14(12)18)9-17-10-13-3-5-15(16)19-13/h2-5,8,17H,6-7,9-10H2,1H3. The van der Waals surface area contributed by atoms with Crippen LogP contribution in [0.15, 0.2) is 34.1 Å². The van der Waals surface area contributed by atoms with E-state index in [4.69, 9.17) is 0 Å². The highest BCUT2D eigenvalue weighted by Crippen LogP contribution is 2.27. The molecule has 0 atom stereocenters. The minimum atomic E-state index is 0.937. The van der Waals surface area contributed by atoms with Gasteiger partial charge in [0, 0.05) is 37.2 Å². The summed E-state index contributed by atoms with van der Waals surface area (Å²) in [6.45, 7) is 3.02. The molecule has 0 fully saturated rings. The second-order valence-electron chi connectivity index (χ2n) is 4.94. The first-order valence-electron chi connectivity index (χ1n) is 6.50. The molecule has 3 rings (SSSR count). The molecule has 0 radical (unpaired) electrons. The topological polar surface area (TPSA) is 15.3 Å². The Labute approximate surface area is 126 Å². The van der Waals surface area contributed by atoms with Crippen molar-refractivity contribution < 1.29 is 0 Å². The van der Waals surface area contributed by atoms with E-state index >= 15 is 0 Å². The summed E-state index contributed by atoms with van der Waals surface area (Å²) in [7, 11) is 2.17. The number of halogens is 1. The number of thiophene rings is 1. The normalized spacial score (nSPS) is 13.9. The first-order chi connectivity index (χ1) is 9.22. The van der Waals surface area contributed by atoms with Crippen molar-refractivity contribution >= 4 is 33.0 Å². The molecule has 0 amide bonds. The van der Waals surface area contributed by atoms with Gasteiger partial charge in [-0.15, -0.1) is 11.3 Å². The molecule has 0 unspecified atom stereocenters. The van der Waals surface area contributed by atoms with Crippen LogP contribution in [0, 0.1) is 0 Å². The first-order valence-corrected chi connectivity index (χ1v) is 8.11. The molecule has 1 aliphatic heterocycles. The summed E-state index contributed by atoms with van der Waals surface area (Å²) in [5, 5.41) is 3.51. The van der Waals surface area contributed by atoms with Gasteiger partial charge in [-0.3, -0.25) is 0 Å². The molecule has 1 aromatic heterocycles. The molecular formula is C15H17BrN2S. The number of hydrogen-bond acceptors (Lipinski definition) is 3. The van der Waals surface area contributed by atoms with E-state index in [1.807, 2.05) is 0 Å². The molecule has 0 bridgehead atoms. The maximum Gasteiger partial charge on any atom is 0.0701 e. The van der Waals surface area contributed by atoms with E-state index < -0.39 is 0 Å². The van der Waals surface area contributed by atoms with Crippen molar-refractivity contribution in [3.63, 3.8) is 0 Å². The minimum Gasteiger partial charge on any atom is -0.374 e. The van der Waals surface area contributed by atoms with Crippen LogP contribution in [0.5, 0.6) is 0 Å². The molecule has 2 nitrogen and oxygen atoms in total. The Morgan fingerprint density at radius 3 is 2.95 bits per heavy atom. The van der Waals surface area contributed by atoms with Crippen LogP contribution < -0.4 is 10.2 Å². The number of fused-ring (bicyclic) bond motifs is 1. The Morgan fingerprint density at radius 1 is 1.26 bits per heavy atom. The molecule has 0 saturated heterocycles. The van der Waals surface area contributed by atoms with E-state index in [1.165, 1.54) is 31.9 Å². The Balaban J connectivity index is 1.59. The molecule has 0 spiro atoms. The van der Waals surface area contributed by atoms with Gasteiger partial charge in [0.15, 0.2) is 0 Å². The van der Waals surface area contributed by atoms with E-state index in [9.17, 15) is 0 Å². The van der Waals surface area contributed by atoms with Crippen LogP contribution in [-0.2, 0) is 19.5 Å². The Hall–Kier alpha value is -0.840. The van der Waals surface area contributed by atoms with Crippen LogP contribution in [0.25, 0.3) is 0 Å². The molecule has 1 aromatic carbocycles. The minimum absolute atomic E-state index is 0.937. The van der Waals surface area contributed by atoms with Crippen LogP contribution in [-0.4, -0.2) is 13.6 Å². The third kappa shape index (κ3) is 3.02. The zero-order valence-electron chi connectivity index (χ0n) is 10.9. The van der Waals surface area contributed by atoms with Gasteiger partial charge in [0.2, 0.25) is 0 Å². The van der Waals surface area contributed by atoms with E-state index in [0.717, 1.165) is 19.6 Å². The van der Waals surface area contributed by atoms with Gasteiger partial charge >= 0.3 is 0 Å². The smallest absolute Gasteiger partial charge is 0.0701 e. The molecule has 2 heterocycles. The number of nitrogens with one attached hydrogen (secondary N) is 1. The fourth-order valence-corrected chi connectivity index (χ4v) is 3.96. The molecule has 1 N–H and O–H groups in total. The lowest BCUT2D eigenvalue weighted by molar-refractivity contribution is 0.700. The fraction of sp³-hybridized carbons (Fsp3) is 0.333. The molecule has 2 aromatic rings. The van der Waals surface area contributed by atoms with Crippen LogP contribution in [0.1, 0.15) is 16.0 Å². The van der Waals surface area contributed by atoms with E-state index in [1.54, 1.807) is 11.3 Å². The van der Waals surface area contributed by atoms with Crippen molar-refractivity contribution in [1.82, 2.24) is 5.32 Å². The summed E-state index contributed by atoms with van der Waals surface area (Å²) in [6.07, 6.45) is 1.18. The third-order valence-corrected chi connectivity index (χ3v) is 5.15. The van der Waals surface area contributed by atoms with E-state index in [2.05, 4.69) is 63.5 Å². The predicted octanol–water partition coefficient (Wildman–Crippen LogP) is 3.79. The summed E-state index contributed by atoms with van der Waals surface area (Å²) in [5.41, 5.74) is 4.26. The van der Waals surface area contributed by atoms with Crippen molar-refractivity contribution in [2.24, 2.45) is 0 Å². The molecule has 4 heteroatoms. The Morgan fingerprint density at radius 2 is 2.16 bits per heavy atom. The van der Waals surface area contributed by atoms with Crippen LogP contribution in [0.2, 0.25) is 0 Å². The van der Waals surface area contributed by atoms with Gasteiger partial charge in [0.05, 0.1) is 3.79 Å². The van der Waals surface area contributed by atoms with Crippen LogP contribution >= 0.6 is 27.3 Å². The highest BCUT2D eigenvalue weighted by molar-refractivity contribution is 9.11. The number of nitrogens with zero attached hydrogens (tertiary/aromatic N) is 1. The first kappa shape index (κ1) is 13.2. The lowest BCUT2D eigenvalue weighted by Gasteiger charge is -2.12. The molecule has 0 aliphatic carbocycles. The van der Waals surface area contributed by atoms with Crippen molar-refractivity contribution in [3.8, 4) is 0 Å². The summed E-state index contributed by atoms with van der Waals surface area (Å²) in [6, 6.07) is 11.1. The quantitative estimate of drug-likeness (QED) is 0.913. The summed E-state index contributed by atoms with van der Waals surface area (Å²) in [4.78, 5) is 3.70. The molecule has 1 aliphatic rings. The zero-order valence-corrected chi connectivity index (χ0v) is 13.4. The maximum absolute atomic E-state index is 3.51. The van der Waals surface area contributed by atoms with Gasteiger partial charge in [-0.25, -0.2) is 0 Å². The number of likely N-dealkylation sites (N-methyl/N-ethyl adjacent to an activating group) is 1. The summed E-state index contributed by atoms with van der Waals surface area (Å²) < 4.78 is 1.20. The molecule has 100 valence electrons. The fourth-order valence-electron chi connectivity index (χ4n) is 2.51. The lowest BCUT2D eigenvalue weighted by Crippen LogP contribution is -2.13. The second-order valence-corrected chi connectivity index (χ2v) is 7.49. The van der Waals surface area contributed by atoms with Gasteiger partial charge in [0.1, 0.15) is 0 Å². The van der Waals surface area contributed by atoms with Crippen molar-refractivity contribution in [2.75, 3.05) is 18.5 Å². The van der Waals surface area contributed by atoms with Gasteiger partial charge < -0.3 is 10.2 Å². The van der Waals surface area contributed by atoms with Gasteiger partial charge in [-0.1, -0.05) is 12.1 Å². The van der Waals surface area contributed by atoms with Crippen molar-refractivity contribution in [3.05, 3.63) is 50.1 Å². The second kappa shape index (κ2) is 5.65. The summed E-state index contributed by atoms with van der Waals surface area (Å²) in [5.74, 6) is 0. The van der Waals surface area contributed by atoms with E-state index in [-0.39, 0.29) is 0 Å². The average molecular weight is 337 g/mol. The van der Waals surface area contributed by atoms with Crippen LogP contribution in [0.3, 0.4) is 0 Å². The molecule has 0 saturated carbocycles. The highest BCUT2D eigenvalue weighted by atomic mass is 79.9. The molecule has 19 heavy (non-hydrogen) atoms. The van der Waals surface area contributed by atoms with Crippen LogP contribution in [0.4, 0.5) is 5.69 Å². The zero-order chi connectivity index (χ0) is 13.2. The van der Waals surface area contributed by atoms with E-state index in [0.29, 0.717) is 0 Å². The summed E-state index contributed by atoms with van der Waals surface area (Å²) >= 11 is 5.29. The number of rotatable bonds is 4. The number of anilines is 1. The molecular weight excluding hydrogens is 320 g/mol. The Bertz CT molecular complexity index is 579. The average Bonchev–Trinajstić information content (AvgIpc) is 2.97.